The van der Waals surface area contributed by atoms with Crippen molar-refractivity contribution in [3.63, 3.8) is 0 Å². The van der Waals surface area contributed by atoms with E-state index in [2.05, 4.69) is 5.92 Å². The maximum absolute atomic E-state index is 12.4. The molecule has 0 saturated heterocycles. The van der Waals surface area contributed by atoms with E-state index in [1.54, 1.807) is 0 Å². The van der Waals surface area contributed by atoms with Crippen molar-refractivity contribution in [2.75, 3.05) is 0 Å². The van der Waals surface area contributed by atoms with Gasteiger partial charge in [-0.25, -0.2) is 0 Å². The highest BCUT2D eigenvalue weighted by Crippen LogP contribution is 2.15. The number of carbonyl (C=O) groups is 2. The zero-order valence-electron chi connectivity index (χ0n) is 14.6. The molecule has 26 heavy (non-hydrogen) atoms. The van der Waals surface area contributed by atoms with Crippen LogP contribution >= 0.6 is 0 Å². The Hall–Kier alpha value is -3.06. The fourth-order valence-electron chi connectivity index (χ4n) is 2.40. The third-order valence-electron chi connectivity index (χ3n) is 3.83. The third-order valence-corrected chi connectivity index (χ3v) is 3.83. The quantitative estimate of drug-likeness (QED) is 0.298. The number of carbonyl (C=O) groups excluding carboxylic acids is 2. The Morgan fingerprint density at radius 2 is 1.31 bits per heavy atom. The summed E-state index contributed by atoms with van der Waals surface area (Å²) in [4.78, 5) is 24.8. The summed E-state index contributed by atoms with van der Waals surface area (Å²) in [5.41, 5.74) is 1.72. The minimum atomic E-state index is -0.962. The van der Waals surface area contributed by atoms with Crippen molar-refractivity contribution in [3.8, 4) is 12.3 Å². The molecule has 0 fully saturated rings. The molecule has 4 nitrogen and oxygen atoms in total. The Balaban J connectivity index is 1.93. The second kappa shape index (κ2) is 10.7. The standard InChI is InChI=1S/C22H22O4/c1-2-3-6-15-20(21(23)25-16-18-11-7-4-8-12-18)22(24)26-17-19-13-9-5-10-14-19/h1,4-5,7-14,20H,3,6,15-17H2. The molecule has 0 N–H and O–H groups in total. The molecule has 2 rings (SSSR count). The Labute approximate surface area is 154 Å². The summed E-state index contributed by atoms with van der Waals surface area (Å²) in [6, 6.07) is 18.6. The predicted octanol–water partition coefficient (Wildman–Crippen LogP) is 3.89. The first-order valence-electron chi connectivity index (χ1n) is 8.55. The summed E-state index contributed by atoms with van der Waals surface area (Å²) in [6.45, 7) is 0.245. The number of benzene rings is 2. The van der Waals surface area contributed by atoms with Crippen molar-refractivity contribution in [1.82, 2.24) is 0 Å². The zero-order valence-corrected chi connectivity index (χ0v) is 14.6. The normalized spacial score (nSPS) is 10.2. The minimum Gasteiger partial charge on any atom is -0.460 e. The van der Waals surface area contributed by atoms with Gasteiger partial charge in [-0.2, -0.15) is 0 Å². The number of ether oxygens (including phenoxy) is 2. The Kier molecular flexibility index (Phi) is 7.95. The average molecular weight is 350 g/mol. The van der Waals surface area contributed by atoms with Gasteiger partial charge in [-0.05, 0) is 24.0 Å². The molecule has 0 aromatic heterocycles. The second-order valence-electron chi connectivity index (χ2n) is 5.84. The lowest BCUT2D eigenvalue weighted by Crippen LogP contribution is -2.28. The molecular weight excluding hydrogens is 328 g/mol. The van der Waals surface area contributed by atoms with Gasteiger partial charge in [0.1, 0.15) is 13.2 Å². The van der Waals surface area contributed by atoms with E-state index >= 15 is 0 Å². The van der Waals surface area contributed by atoms with E-state index in [0.717, 1.165) is 11.1 Å². The van der Waals surface area contributed by atoms with Crippen LogP contribution in [0.4, 0.5) is 0 Å². The molecule has 0 spiro atoms. The van der Waals surface area contributed by atoms with Gasteiger partial charge in [0.15, 0.2) is 5.92 Å². The van der Waals surface area contributed by atoms with Crippen LogP contribution in [0, 0.1) is 18.3 Å². The highest BCUT2D eigenvalue weighted by Gasteiger charge is 2.29. The van der Waals surface area contributed by atoms with E-state index < -0.39 is 17.9 Å². The molecule has 4 heteroatoms. The molecule has 0 heterocycles. The van der Waals surface area contributed by atoms with E-state index in [9.17, 15) is 9.59 Å². The minimum absolute atomic E-state index is 0.122. The molecular formula is C22H22O4. The molecule has 0 unspecified atom stereocenters. The van der Waals surface area contributed by atoms with E-state index in [-0.39, 0.29) is 13.2 Å². The van der Waals surface area contributed by atoms with E-state index in [4.69, 9.17) is 15.9 Å². The molecule has 2 aromatic rings. The maximum Gasteiger partial charge on any atom is 0.320 e. The number of terminal acetylenes is 1. The van der Waals surface area contributed by atoms with Gasteiger partial charge < -0.3 is 9.47 Å². The smallest absolute Gasteiger partial charge is 0.320 e. The predicted molar refractivity (Wildman–Crippen MR) is 98.7 cm³/mol. The fourth-order valence-corrected chi connectivity index (χ4v) is 2.40. The van der Waals surface area contributed by atoms with Crippen LogP contribution in [0.5, 0.6) is 0 Å². The van der Waals surface area contributed by atoms with Crippen LogP contribution in [-0.4, -0.2) is 11.9 Å². The van der Waals surface area contributed by atoms with Gasteiger partial charge in [0.2, 0.25) is 0 Å². The molecule has 0 aliphatic heterocycles. The summed E-state index contributed by atoms with van der Waals surface area (Å²) in [7, 11) is 0. The van der Waals surface area contributed by atoms with E-state index in [1.165, 1.54) is 0 Å². The molecule has 0 atom stereocenters. The first-order valence-corrected chi connectivity index (χ1v) is 8.55. The van der Waals surface area contributed by atoms with Crippen LogP contribution in [0.3, 0.4) is 0 Å². The number of unbranched alkanes of at least 4 members (excludes halogenated alkanes) is 1. The molecule has 134 valence electrons. The van der Waals surface area contributed by atoms with Crippen LogP contribution in [0.2, 0.25) is 0 Å². The van der Waals surface area contributed by atoms with Crippen LogP contribution in [0.15, 0.2) is 60.7 Å². The van der Waals surface area contributed by atoms with Crippen molar-refractivity contribution >= 4 is 11.9 Å². The lowest BCUT2D eigenvalue weighted by molar-refractivity contribution is -0.164. The Morgan fingerprint density at radius 3 is 1.73 bits per heavy atom. The van der Waals surface area contributed by atoms with Gasteiger partial charge in [-0.15, -0.1) is 12.3 Å². The van der Waals surface area contributed by atoms with Gasteiger partial charge in [0.25, 0.3) is 0 Å². The summed E-state index contributed by atoms with van der Waals surface area (Å²) in [6.07, 6.45) is 6.62. The van der Waals surface area contributed by atoms with Crippen molar-refractivity contribution in [2.24, 2.45) is 5.92 Å². The topological polar surface area (TPSA) is 52.6 Å². The lowest BCUT2D eigenvalue weighted by atomic mass is 10.0. The fraction of sp³-hybridized carbons (Fsp3) is 0.273. The van der Waals surface area contributed by atoms with Crippen molar-refractivity contribution in [3.05, 3.63) is 71.8 Å². The van der Waals surface area contributed by atoms with Crippen molar-refractivity contribution < 1.29 is 19.1 Å². The molecule has 2 aromatic carbocycles. The van der Waals surface area contributed by atoms with Crippen LogP contribution in [0.1, 0.15) is 30.4 Å². The molecule has 0 saturated carbocycles. The molecule has 0 aliphatic carbocycles. The largest absolute Gasteiger partial charge is 0.460 e. The first kappa shape index (κ1) is 19.3. The molecule has 0 aliphatic rings. The van der Waals surface area contributed by atoms with Crippen LogP contribution in [-0.2, 0) is 32.3 Å². The van der Waals surface area contributed by atoms with Gasteiger partial charge in [0.05, 0.1) is 0 Å². The number of rotatable bonds is 9. The van der Waals surface area contributed by atoms with E-state index in [0.29, 0.717) is 19.3 Å². The van der Waals surface area contributed by atoms with Crippen LogP contribution in [0.25, 0.3) is 0 Å². The van der Waals surface area contributed by atoms with Crippen molar-refractivity contribution in [1.29, 1.82) is 0 Å². The molecule has 0 radical (unpaired) electrons. The van der Waals surface area contributed by atoms with Gasteiger partial charge in [-0.3, -0.25) is 9.59 Å². The summed E-state index contributed by atoms with van der Waals surface area (Å²) < 4.78 is 10.6. The average Bonchev–Trinajstić information content (AvgIpc) is 2.69. The molecule has 0 bridgehead atoms. The maximum atomic E-state index is 12.4. The summed E-state index contributed by atoms with van der Waals surface area (Å²) in [5, 5.41) is 0. The SMILES string of the molecule is C#CCCCC(C(=O)OCc1ccccc1)C(=O)OCc1ccccc1. The number of esters is 2. The number of hydrogen-bond donors (Lipinski definition) is 0. The Morgan fingerprint density at radius 1 is 0.846 bits per heavy atom. The Bertz CT molecular complexity index is 676. The highest BCUT2D eigenvalue weighted by molar-refractivity contribution is 5.94. The second-order valence-corrected chi connectivity index (χ2v) is 5.84. The summed E-state index contributed by atoms with van der Waals surface area (Å²) in [5.74, 6) is 0.391. The van der Waals surface area contributed by atoms with Gasteiger partial charge >= 0.3 is 11.9 Å². The van der Waals surface area contributed by atoms with Crippen molar-refractivity contribution in [2.45, 2.75) is 32.5 Å². The summed E-state index contributed by atoms with van der Waals surface area (Å²) >= 11 is 0. The zero-order chi connectivity index (χ0) is 18.6. The monoisotopic (exact) mass is 350 g/mol. The van der Waals surface area contributed by atoms with Crippen LogP contribution < -0.4 is 0 Å². The highest BCUT2D eigenvalue weighted by atomic mass is 16.6. The van der Waals surface area contributed by atoms with E-state index in [1.807, 2.05) is 60.7 Å². The third kappa shape index (κ3) is 6.45. The van der Waals surface area contributed by atoms with Gasteiger partial charge in [-0.1, -0.05) is 60.7 Å². The number of hydrogen-bond acceptors (Lipinski definition) is 4. The lowest BCUT2D eigenvalue weighted by Gasteiger charge is -2.15. The first-order chi connectivity index (χ1) is 12.7. The van der Waals surface area contributed by atoms with Gasteiger partial charge in [0, 0.05) is 6.42 Å². The molecule has 0 amide bonds.